The zero-order chi connectivity index (χ0) is 31.3. The van der Waals surface area contributed by atoms with Crippen LogP contribution in [0.5, 0.6) is 0 Å². The van der Waals surface area contributed by atoms with Gasteiger partial charge in [-0.3, -0.25) is 9.59 Å². The number of hydrogen-bond acceptors (Lipinski definition) is 7. The van der Waals surface area contributed by atoms with Crippen molar-refractivity contribution in [1.29, 1.82) is 0 Å². The van der Waals surface area contributed by atoms with Crippen molar-refractivity contribution in [2.45, 2.75) is 81.5 Å². The molecule has 3 atom stereocenters. The number of carboxylic acid groups (broad SMARTS) is 2. The minimum absolute atomic E-state index is 0.0285. The predicted molar refractivity (Wildman–Crippen MR) is 166 cm³/mol. The molecule has 1 saturated heterocycles. The summed E-state index contributed by atoms with van der Waals surface area (Å²) in [6, 6.07) is 22.3. The summed E-state index contributed by atoms with van der Waals surface area (Å²) in [6.45, 7) is 0.378. The summed E-state index contributed by atoms with van der Waals surface area (Å²) in [4.78, 5) is 35.0. The second-order valence-electron chi connectivity index (χ2n) is 10.8. The predicted octanol–water partition coefficient (Wildman–Crippen LogP) is 6.26. The average Bonchev–Trinajstić information content (AvgIpc) is 3.04. The SMILES string of the molecule is O=C(O)CCCCCCC(=O)NCc1ccc(C2OC(CSc3ccc(C(=O)O)cc3)CC(c3ccc(CO)cc3)O2)cc1. The number of thioether (sulfide) groups is 1. The molecular weight excluding hydrogens is 582 g/mol. The molecule has 1 amide bonds. The maximum atomic E-state index is 12.2. The maximum absolute atomic E-state index is 12.2. The van der Waals surface area contributed by atoms with Gasteiger partial charge in [-0.1, -0.05) is 61.4 Å². The van der Waals surface area contributed by atoms with Crippen LogP contribution in [-0.2, 0) is 32.2 Å². The van der Waals surface area contributed by atoms with Crippen molar-refractivity contribution in [3.8, 4) is 0 Å². The fraction of sp³-hybridized carbons (Fsp3) is 0.382. The lowest BCUT2D eigenvalue weighted by Gasteiger charge is -2.36. The van der Waals surface area contributed by atoms with Crippen LogP contribution in [0.3, 0.4) is 0 Å². The second kappa shape index (κ2) is 17.0. The van der Waals surface area contributed by atoms with E-state index in [1.54, 1.807) is 36.0 Å². The number of benzene rings is 3. The summed E-state index contributed by atoms with van der Waals surface area (Å²) in [5.74, 6) is -1.12. The second-order valence-corrected chi connectivity index (χ2v) is 11.9. The van der Waals surface area contributed by atoms with E-state index >= 15 is 0 Å². The molecule has 10 heteroatoms. The number of carbonyl (C=O) groups excluding carboxylic acids is 1. The number of carboxylic acids is 2. The van der Waals surface area contributed by atoms with Crippen molar-refractivity contribution in [2.24, 2.45) is 0 Å². The minimum Gasteiger partial charge on any atom is -0.481 e. The molecule has 0 aliphatic carbocycles. The summed E-state index contributed by atoms with van der Waals surface area (Å²) >= 11 is 1.60. The Hall–Kier alpha value is -3.70. The molecule has 1 aliphatic rings. The number of unbranched alkanes of at least 4 members (excludes halogenated alkanes) is 3. The first-order chi connectivity index (χ1) is 21.3. The van der Waals surface area contributed by atoms with Gasteiger partial charge in [0.25, 0.3) is 0 Å². The molecule has 9 nitrogen and oxygen atoms in total. The quantitative estimate of drug-likeness (QED) is 0.108. The number of ether oxygens (including phenoxy) is 2. The highest BCUT2D eigenvalue weighted by Crippen LogP contribution is 2.39. The number of aliphatic carboxylic acids is 1. The molecule has 0 saturated carbocycles. The van der Waals surface area contributed by atoms with Crippen LogP contribution in [0.4, 0.5) is 0 Å². The summed E-state index contributed by atoms with van der Waals surface area (Å²) in [7, 11) is 0. The number of aliphatic hydroxyl groups is 1. The van der Waals surface area contributed by atoms with Crippen molar-refractivity contribution >= 4 is 29.6 Å². The first-order valence-corrected chi connectivity index (χ1v) is 15.8. The third-order valence-electron chi connectivity index (χ3n) is 7.44. The highest BCUT2D eigenvalue weighted by molar-refractivity contribution is 7.99. The van der Waals surface area contributed by atoms with Crippen LogP contribution >= 0.6 is 11.8 Å². The number of amides is 1. The van der Waals surface area contributed by atoms with Gasteiger partial charge in [0.15, 0.2) is 6.29 Å². The summed E-state index contributed by atoms with van der Waals surface area (Å²) in [5, 5.41) is 30.3. The van der Waals surface area contributed by atoms with Gasteiger partial charge in [0, 0.05) is 42.0 Å². The standard InChI is InChI=1S/C34H39NO8S/c36-21-24-9-11-25(12-10-24)30-19-28(22-44-29-17-15-26(16-18-29)33(40)41)42-34(43-30)27-13-7-23(8-14-27)20-35-31(37)5-3-1-2-4-6-32(38)39/h7-18,28,30,34,36H,1-6,19-22H2,(H,35,37)(H,38,39)(H,40,41). The van der Waals surface area contributed by atoms with Gasteiger partial charge in [-0.2, -0.15) is 0 Å². The zero-order valence-corrected chi connectivity index (χ0v) is 25.3. The van der Waals surface area contributed by atoms with E-state index in [1.807, 2.05) is 48.5 Å². The van der Waals surface area contributed by atoms with Crippen LogP contribution in [0.1, 0.15) is 90.0 Å². The largest absolute Gasteiger partial charge is 0.481 e. The Balaban J connectivity index is 1.34. The van der Waals surface area contributed by atoms with Gasteiger partial charge in [-0.05, 0) is 53.8 Å². The van der Waals surface area contributed by atoms with Crippen LogP contribution in [0.15, 0.2) is 77.7 Å². The molecule has 234 valence electrons. The van der Waals surface area contributed by atoms with E-state index in [4.69, 9.17) is 19.7 Å². The van der Waals surface area contributed by atoms with Crippen LogP contribution in [0, 0.1) is 0 Å². The molecular formula is C34H39NO8S. The molecule has 0 radical (unpaired) electrons. The zero-order valence-electron chi connectivity index (χ0n) is 24.5. The molecule has 0 bridgehead atoms. The van der Waals surface area contributed by atoms with Gasteiger partial charge in [-0.25, -0.2) is 4.79 Å². The number of aliphatic hydroxyl groups excluding tert-OH is 1. The number of aromatic carboxylic acids is 1. The lowest BCUT2D eigenvalue weighted by Crippen LogP contribution is -2.31. The molecule has 44 heavy (non-hydrogen) atoms. The molecule has 3 aromatic rings. The monoisotopic (exact) mass is 621 g/mol. The molecule has 1 fully saturated rings. The van der Waals surface area contributed by atoms with Crippen molar-refractivity contribution in [3.63, 3.8) is 0 Å². The molecule has 1 heterocycles. The number of hydrogen-bond donors (Lipinski definition) is 4. The lowest BCUT2D eigenvalue weighted by molar-refractivity contribution is -0.245. The van der Waals surface area contributed by atoms with E-state index < -0.39 is 18.2 Å². The first-order valence-electron chi connectivity index (χ1n) is 14.8. The van der Waals surface area contributed by atoms with Gasteiger partial charge in [-0.15, -0.1) is 11.8 Å². The van der Waals surface area contributed by atoms with E-state index in [1.165, 1.54) is 0 Å². The van der Waals surface area contributed by atoms with Crippen molar-refractivity contribution in [3.05, 3.63) is 101 Å². The fourth-order valence-electron chi connectivity index (χ4n) is 4.90. The third kappa shape index (κ3) is 10.5. The van der Waals surface area contributed by atoms with Crippen LogP contribution in [0.25, 0.3) is 0 Å². The Morgan fingerprint density at radius 2 is 1.41 bits per heavy atom. The van der Waals surface area contributed by atoms with Gasteiger partial charge in [0.2, 0.25) is 5.91 Å². The topological polar surface area (TPSA) is 142 Å². The minimum atomic E-state index is -0.956. The van der Waals surface area contributed by atoms with E-state index in [9.17, 15) is 19.5 Å². The summed E-state index contributed by atoms with van der Waals surface area (Å²) in [6.07, 6.45) is 3.28. The van der Waals surface area contributed by atoms with E-state index in [-0.39, 0.29) is 36.7 Å². The van der Waals surface area contributed by atoms with E-state index in [2.05, 4.69) is 5.32 Å². The Labute approximate surface area is 261 Å². The van der Waals surface area contributed by atoms with Crippen molar-refractivity contribution in [1.82, 2.24) is 5.32 Å². The van der Waals surface area contributed by atoms with Gasteiger partial charge in [0.1, 0.15) is 0 Å². The average molecular weight is 622 g/mol. The van der Waals surface area contributed by atoms with E-state index in [0.717, 1.165) is 46.4 Å². The number of rotatable bonds is 16. The molecule has 3 unspecified atom stereocenters. The normalized spacial score (nSPS) is 18.1. The number of nitrogens with one attached hydrogen (secondary N) is 1. The fourth-order valence-corrected chi connectivity index (χ4v) is 5.82. The summed E-state index contributed by atoms with van der Waals surface area (Å²) in [5.41, 5.74) is 3.88. The molecule has 0 spiro atoms. The molecule has 4 rings (SSSR count). The highest BCUT2D eigenvalue weighted by Gasteiger charge is 2.32. The smallest absolute Gasteiger partial charge is 0.335 e. The first kappa shape index (κ1) is 33.2. The van der Waals surface area contributed by atoms with E-state index in [0.29, 0.717) is 31.6 Å². The summed E-state index contributed by atoms with van der Waals surface area (Å²) < 4.78 is 12.8. The number of carbonyl (C=O) groups is 3. The van der Waals surface area contributed by atoms with Gasteiger partial charge >= 0.3 is 11.9 Å². The third-order valence-corrected chi connectivity index (χ3v) is 8.58. The Kier molecular flexibility index (Phi) is 12.8. The highest BCUT2D eigenvalue weighted by atomic mass is 32.2. The molecule has 0 aromatic heterocycles. The Bertz CT molecular complexity index is 1360. The van der Waals surface area contributed by atoms with Crippen molar-refractivity contribution in [2.75, 3.05) is 5.75 Å². The van der Waals surface area contributed by atoms with Gasteiger partial charge in [0.05, 0.1) is 24.4 Å². The Morgan fingerprint density at radius 3 is 2.05 bits per heavy atom. The molecule has 1 aliphatic heterocycles. The van der Waals surface area contributed by atoms with Crippen LogP contribution in [0.2, 0.25) is 0 Å². The Morgan fingerprint density at radius 1 is 0.773 bits per heavy atom. The van der Waals surface area contributed by atoms with Crippen LogP contribution < -0.4 is 5.32 Å². The molecule has 4 N–H and O–H groups in total. The maximum Gasteiger partial charge on any atom is 0.335 e. The lowest BCUT2D eigenvalue weighted by atomic mass is 10.0. The van der Waals surface area contributed by atoms with Crippen molar-refractivity contribution < 1.29 is 39.2 Å². The molecule has 3 aromatic carbocycles. The van der Waals surface area contributed by atoms with Gasteiger partial charge < -0.3 is 30.1 Å². The van der Waals surface area contributed by atoms with Crippen LogP contribution in [-0.4, -0.2) is 45.0 Å².